The van der Waals surface area contributed by atoms with E-state index in [0.717, 1.165) is 38.6 Å². The summed E-state index contributed by atoms with van der Waals surface area (Å²) in [5, 5.41) is 11.9. The Labute approximate surface area is 242 Å². The van der Waals surface area contributed by atoms with Crippen LogP contribution in [0.1, 0.15) is 73.1 Å². The second-order valence-corrected chi connectivity index (χ2v) is 13.9. The van der Waals surface area contributed by atoms with Crippen LogP contribution >= 0.6 is 0 Å². The molecule has 0 aromatic heterocycles. The van der Waals surface area contributed by atoms with Crippen LogP contribution in [0.3, 0.4) is 0 Å². The molecular weight excluding hydrogens is 514 g/mol. The van der Waals surface area contributed by atoms with Gasteiger partial charge in [0.25, 0.3) is 0 Å². The molecule has 6 nitrogen and oxygen atoms in total. The molecule has 9 atom stereocenters. The Morgan fingerprint density at radius 1 is 0.951 bits per heavy atom. The molecule has 6 heteroatoms. The third kappa shape index (κ3) is 4.04. The number of fused-ring (bicyclic) bond motifs is 1. The highest BCUT2D eigenvalue weighted by Crippen LogP contribution is 2.75. The van der Waals surface area contributed by atoms with Crippen molar-refractivity contribution >= 4 is 18.2 Å². The third-order valence-electron chi connectivity index (χ3n) is 12.0. The fourth-order valence-electron chi connectivity index (χ4n) is 10.4. The summed E-state index contributed by atoms with van der Waals surface area (Å²) < 4.78 is 14.6. The second kappa shape index (κ2) is 9.79. The Balaban J connectivity index is 1.20. The highest BCUT2D eigenvalue weighted by atomic mass is 16.5. The first-order chi connectivity index (χ1) is 19.8. The fraction of sp³-hybridized carbons (Fsp3) is 0.571. The third-order valence-corrected chi connectivity index (χ3v) is 12.0. The molecule has 2 aromatic carbocycles. The Kier molecular flexibility index (Phi) is 6.42. The number of carbonyl (C=O) groups is 2. The molecule has 4 aliphatic carbocycles. The van der Waals surface area contributed by atoms with Gasteiger partial charge in [-0.1, -0.05) is 56.7 Å². The van der Waals surface area contributed by atoms with Gasteiger partial charge in [-0.05, 0) is 80.0 Å². The molecule has 216 valence electrons. The van der Waals surface area contributed by atoms with Crippen molar-refractivity contribution in [2.75, 3.05) is 19.7 Å². The molecule has 0 unspecified atom stereocenters. The van der Waals surface area contributed by atoms with Crippen LogP contribution in [0.15, 0.2) is 60.7 Å². The number of rotatable bonds is 6. The van der Waals surface area contributed by atoms with Gasteiger partial charge in [-0.15, -0.1) is 0 Å². The first-order valence-corrected chi connectivity index (χ1v) is 15.5. The SMILES string of the molecule is C[C@@H]1[C@H]2C[C@@H]3[C@]45C=[N+](CCOC(=O)c6ccccc6)C[C@](C)(CCC4)[C@@H]5C[C@H](OC(=O)c4ccccc4)[C@@]3(C2)[C@H]1O. The summed E-state index contributed by atoms with van der Waals surface area (Å²) in [6, 6.07) is 18.5. The maximum atomic E-state index is 13.4. The molecular formula is C35H42NO5+. The maximum Gasteiger partial charge on any atom is 0.338 e. The van der Waals surface area contributed by atoms with E-state index in [2.05, 4.69) is 24.6 Å². The van der Waals surface area contributed by atoms with E-state index in [1.165, 1.54) is 6.42 Å². The molecule has 0 radical (unpaired) electrons. The fourth-order valence-corrected chi connectivity index (χ4v) is 10.4. The molecule has 5 aliphatic rings. The summed E-state index contributed by atoms with van der Waals surface area (Å²) in [6.45, 7) is 6.52. The van der Waals surface area contributed by atoms with Gasteiger partial charge in [0.1, 0.15) is 25.5 Å². The highest BCUT2D eigenvalue weighted by Gasteiger charge is 2.76. The summed E-state index contributed by atoms with van der Waals surface area (Å²) in [7, 11) is 0. The van der Waals surface area contributed by atoms with Gasteiger partial charge in [-0.25, -0.2) is 14.2 Å². The average molecular weight is 557 g/mol. The number of hydrogen-bond donors (Lipinski definition) is 1. The largest absolute Gasteiger partial charge is 0.458 e. The quantitative estimate of drug-likeness (QED) is 0.382. The monoisotopic (exact) mass is 556 g/mol. The number of aliphatic hydroxyl groups excluding tert-OH is 1. The lowest BCUT2D eigenvalue weighted by Crippen LogP contribution is -2.69. The van der Waals surface area contributed by atoms with Crippen molar-refractivity contribution in [1.82, 2.24) is 0 Å². The van der Waals surface area contributed by atoms with Gasteiger partial charge < -0.3 is 14.6 Å². The highest BCUT2D eigenvalue weighted by molar-refractivity contribution is 5.90. The minimum atomic E-state index is -0.473. The number of ether oxygens (including phenoxy) is 2. The van der Waals surface area contributed by atoms with E-state index in [0.29, 0.717) is 36.1 Å². The van der Waals surface area contributed by atoms with Crippen LogP contribution < -0.4 is 0 Å². The minimum Gasteiger partial charge on any atom is -0.458 e. The van der Waals surface area contributed by atoms with Gasteiger partial charge in [-0.3, -0.25) is 0 Å². The van der Waals surface area contributed by atoms with Crippen LogP contribution in [0.25, 0.3) is 0 Å². The zero-order valence-electron chi connectivity index (χ0n) is 24.2. The number of nitrogens with zero attached hydrogens (tertiary/aromatic N) is 1. The molecule has 2 aromatic rings. The molecule has 1 heterocycles. The topological polar surface area (TPSA) is 75.8 Å². The zero-order valence-corrected chi connectivity index (χ0v) is 24.2. The predicted molar refractivity (Wildman–Crippen MR) is 155 cm³/mol. The summed E-state index contributed by atoms with van der Waals surface area (Å²) in [5.74, 6) is 0.765. The number of esters is 2. The van der Waals surface area contributed by atoms with Gasteiger partial charge in [0, 0.05) is 10.8 Å². The molecule has 1 spiro atoms. The second-order valence-electron chi connectivity index (χ2n) is 13.9. The summed E-state index contributed by atoms with van der Waals surface area (Å²) in [5.41, 5.74) is 0.762. The molecule has 7 rings (SSSR count). The van der Waals surface area contributed by atoms with Crippen LogP contribution in [0, 0.1) is 39.9 Å². The van der Waals surface area contributed by atoms with E-state index in [9.17, 15) is 14.7 Å². The Morgan fingerprint density at radius 3 is 2.32 bits per heavy atom. The van der Waals surface area contributed by atoms with Crippen LogP contribution in [-0.2, 0) is 9.47 Å². The molecule has 4 fully saturated rings. The van der Waals surface area contributed by atoms with Crippen LogP contribution in [0.5, 0.6) is 0 Å². The van der Waals surface area contributed by atoms with Crippen molar-refractivity contribution in [3.63, 3.8) is 0 Å². The van der Waals surface area contributed by atoms with Gasteiger partial charge in [0.15, 0.2) is 6.54 Å². The number of aliphatic hydroxyl groups is 1. The normalized spacial score (nSPS) is 40.2. The standard InChI is InChI=1S/C35H42NO5/c1-23-26-18-28-34-15-9-14-33(2,21-36(22-34)16-17-40-31(38)24-10-5-3-6-11-24)27(34)19-29(35(28,20-26)30(23)37)41-32(39)25-12-7-4-8-13-25/h3-8,10-13,22-23,26-30,37H,9,14-21H2,1-2H3/q+1/t23-,26+,27+,28-,29+,30+,33+,34+,35+/m1/s1. The summed E-state index contributed by atoms with van der Waals surface area (Å²) >= 11 is 0. The Bertz CT molecular complexity index is 1360. The van der Waals surface area contributed by atoms with E-state index in [4.69, 9.17) is 9.47 Å². The molecule has 4 bridgehead atoms. The molecule has 0 amide bonds. The van der Waals surface area contributed by atoms with Crippen molar-refractivity contribution in [2.24, 2.45) is 39.9 Å². The number of carbonyl (C=O) groups excluding carboxylic acids is 2. The first-order valence-electron chi connectivity index (χ1n) is 15.5. The summed E-state index contributed by atoms with van der Waals surface area (Å²) in [4.78, 5) is 26.0. The molecule has 41 heavy (non-hydrogen) atoms. The van der Waals surface area contributed by atoms with E-state index in [-0.39, 0.29) is 40.7 Å². The van der Waals surface area contributed by atoms with Gasteiger partial charge >= 0.3 is 11.9 Å². The zero-order chi connectivity index (χ0) is 28.4. The van der Waals surface area contributed by atoms with Gasteiger partial charge in [0.05, 0.1) is 22.6 Å². The Morgan fingerprint density at radius 2 is 1.63 bits per heavy atom. The van der Waals surface area contributed by atoms with Crippen molar-refractivity contribution in [3.05, 3.63) is 71.8 Å². The van der Waals surface area contributed by atoms with Gasteiger partial charge in [0.2, 0.25) is 0 Å². The van der Waals surface area contributed by atoms with E-state index in [1.54, 1.807) is 12.1 Å². The first kappa shape index (κ1) is 26.9. The predicted octanol–water partition coefficient (Wildman–Crippen LogP) is 5.39. The van der Waals surface area contributed by atoms with Crippen molar-refractivity contribution < 1.29 is 28.7 Å². The minimum absolute atomic E-state index is 0.0415. The lowest BCUT2D eigenvalue weighted by atomic mass is 9.40. The van der Waals surface area contributed by atoms with Crippen LogP contribution in [0.4, 0.5) is 0 Å². The molecule has 1 aliphatic heterocycles. The van der Waals surface area contributed by atoms with E-state index >= 15 is 0 Å². The van der Waals surface area contributed by atoms with Crippen molar-refractivity contribution in [1.29, 1.82) is 0 Å². The smallest absolute Gasteiger partial charge is 0.338 e. The molecule has 0 saturated heterocycles. The lowest BCUT2D eigenvalue weighted by Gasteiger charge is -2.64. The van der Waals surface area contributed by atoms with E-state index < -0.39 is 11.5 Å². The number of benzene rings is 2. The Hall–Kier alpha value is -2.99. The molecule has 1 N–H and O–H groups in total. The number of hydrogen-bond acceptors (Lipinski definition) is 5. The van der Waals surface area contributed by atoms with Crippen molar-refractivity contribution in [3.8, 4) is 0 Å². The molecule has 4 saturated carbocycles. The van der Waals surface area contributed by atoms with Crippen LogP contribution in [-0.4, -0.2) is 59.7 Å². The summed E-state index contributed by atoms with van der Waals surface area (Å²) in [6.07, 6.45) is 7.97. The van der Waals surface area contributed by atoms with E-state index in [1.807, 2.05) is 48.5 Å². The van der Waals surface area contributed by atoms with Crippen molar-refractivity contribution in [2.45, 2.75) is 64.6 Å². The van der Waals surface area contributed by atoms with Gasteiger partial charge in [-0.2, -0.15) is 0 Å². The average Bonchev–Trinajstić information content (AvgIpc) is 3.50. The maximum absolute atomic E-state index is 13.4. The lowest BCUT2D eigenvalue weighted by molar-refractivity contribution is -0.559. The van der Waals surface area contributed by atoms with Crippen LogP contribution in [0.2, 0.25) is 0 Å².